The van der Waals surface area contributed by atoms with Crippen molar-refractivity contribution in [1.29, 1.82) is 0 Å². The van der Waals surface area contributed by atoms with E-state index >= 15 is 0 Å². The van der Waals surface area contributed by atoms with Crippen LogP contribution in [0.15, 0.2) is 36.4 Å². The zero-order chi connectivity index (χ0) is 35.9. The molecule has 1 aromatic rings. The summed E-state index contributed by atoms with van der Waals surface area (Å²) in [6.07, 6.45) is 12.4. The summed E-state index contributed by atoms with van der Waals surface area (Å²) in [7, 11) is -2.84. The van der Waals surface area contributed by atoms with Gasteiger partial charge in [0.05, 0.1) is 16.4 Å². The first kappa shape index (κ1) is 36.4. The number of nitro groups is 1. The molecular formula is C41H64N4O4S. The van der Waals surface area contributed by atoms with Crippen LogP contribution in [0, 0.1) is 55.9 Å². The highest BCUT2D eigenvalue weighted by molar-refractivity contribution is 7.91. The summed E-state index contributed by atoms with van der Waals surface area (Å²) in [6.45, 7) is 24.2. The fraction of sp³-hybridized carbons (Fsp3) is 0.805. The maximum absolute atomic E-state index is 11.9. The number of allylic oxidation sites excluding steroid dienone is 1. The average Bonchev–Trinajstić information content (AvgIpc) is 3.44. The molecule has 278 valence electrons. The van der Waals surface area contributed by atoms with Crippen LogP contribution in [0.25, 0.3) is 0 Å². The molecule has 2 aliphatic heterocycles. The third-order valence-corrected chi connectivity index (χ3v) is 18.3. The SMILES string of the molecule is C=C(C)[C@@H]1CC[C@]2(NCCCN3CCS(=O)(=O)CC3)CC[C@]3(C)[C@H](CC[C@@H]4[C@@]5(C)CCN(c6ccc([N+](=O)[O-])cc6)C(C)(C)[C@@H]5CC[C@]43C)[C@@H]12. The highest BCUT2D eigenvalue weighted by Crippen LogP contribution is 2.75. The molecule has 0 aromatic heterocycles. The van der Waals surface area contributed by atoms with Gasteiger partial charge in [0.1, 0.15) is 0 Å². The van der Waals surface area contributed by atoms with E-state index in [1.165, 1.54) is 63.4 Å². The molecule has 2 heterocycles. The van der Waals surface area contributed by atoms with E-state index in [9.17, 15) is 18.5 Å². The Morgan fingerprint density at radius 3 is 2.26 bits per heavy atom. The molecule has 9 atom stereocenters. The number of anilines is 1. The molecular weight excluding hydrogens is 645 g/mol. The summed E-state index contributed by atoms with van der Waals surface area (Å²) in [5.74, 6) is 3.76. The van der Waals surface area contributed by atoms with E-state index in [4.69, 9.17) is 0 Å². The van der Waals surface area contributed by atoms with Crippen molar-refractivity contribution in [2.75, 3.05) is 49.1 Å². The topological polar surface area (TPSA) is 95.8 Å². The normalized spacial score (nSPS) is 42.1. The Morgan fingerprint density at radius 2 is 1.60 bits per heavy atom. The maximum atomic E-state index is 11.9. The van der Waals surface area contributed by atoms with Crippen LogP contribution in [0.1, 0.15) is 106 Å². The summed E-state index contributed by atoms with van der Waals surface area (Å²) >= 11 is 0. The third-order valence-electron chi connectivity index (χ3n) is 16.7. The number of nitrogens with one attached hydrogen (secondary N) is 1. The van der Waals surface area contributed by atoms with E-state index in [0.717, 1.165) is 31.7 Å². The monoisotopic (exact) mass is 708 g/mol. The highest BCUT2D eigenvalue weighted by Gasteiger charge is 2.70. The van der Waals surface area contributed by atoms with E-state index in [2.05, 4.69) is 63.2 Å². The van der Waals surface area contributed by atoms with Crippen LogP contribution < -0.4 is 10.2 Å². The first-order chi connectivity index (χ1) is 23.5. The van der Waals surface area contributed by atoms with Crippen LogP contribution in [0.2, 0.25) is 0 Å². The van der Waals surface area contributed by atoms with Crippen molar-refractivity contribution in [2.24, 2.45) is 45.8 Å². The molecule has 1 N–H and O–H groups in total. The lowest BCUT2D eigenvalue weighted by Crippen LogP contribution is -2.71. The number of hydrogen-bond acceptors (Lipinski definition) is 7. The van der Waals surface area contributed by atoms with E-state index in [1.54, 1.807) is 12.1 Å². The van der Waals surface area contributed by atoms with Crippen molar-refractivity contribution in [3.05, 3.63) is 46.5 Å². The Labute approximate surface area is 302 Å². The van der Waals surface area contributed by atoms with E-state index < -0.39 is 9.84 Å². The first-order valence-corrected chi connectivity index (χ1v) is 21.6. The van der Waals surface area contributed by atoms with E-state index in [-0.39, 0.29) is 37.9 Å². The molecule has 6 aliphatic rings. The largest absolute Gasteiger partial charge is 0.366 e. The second kappa shape index (κ2) is 12.6. The van der Waals surface area contributed by atoms with Gasteiger partial charge in [-0.1, -0.05) is 32.9 Å². The van der Waals surface area contributed by atoms with E-state index in [1.807, 2.05) is 12.1 Å². The molecule has 1 aromatic carbocycles. The van der Waals surface area contributed by atoms with Crippen LogP contribution in [0.5, 0.6) is 0 Å². The predicted molar refractivity (Wildman–Crippen MR) is 203 cm³/mol. The summed E-state index contributed by atoms with van der Waals surface area (Å²) < 4.78 is 23.9. The van der Waals surface area contributed by atoms with Gasteiger partial charge in [0.15, 0.2) is 9.84 Å². The first-order valence-electron chi connectivity index (χ1n) is 19.8. The minimum absolute atomic E-state index is 0.0349. The Hall–Kier alpha value is -1.97. The molecule has 4 aliphatic carbocycles. The lowest BCUT2D eigenvalue weighted by Gasteiger charge is -2.73. The van der Waals surface area contributed by atoms with Gasteiger partial charge in [-0.3, -0.25) is 10.1 Å². The number of nitrogens with zero attached hydrogens (tertiary/aromatic N) is 3. The summed E-state index contributed by atoms with van der Waals surface area (Å²) in [4.78, 5) is 16.0. The van der Waals surface area contributed by atoms with Crippen molar-refractivity contribution in [3.63, 3.8) is 0 Å². The van der Waals surface area contributed by atoms with E-state index in [0.29, 0.717) is 54.2 Å². The average molecular weight is 709 g/mol. The van der Waals surface area contributed by atoms with Crippen molar-refractivity contribution in [3.8, 4) is 0 Å². The Bertz CT molecular complexity index is 1580. The second-order valence-corrected chi connectivity index (χ2v) is 21.2. The standard InChI is InChI=1S/C41H64N4O4S/c1-29(2)32-15-18-41(42-22-8-23-43-25-27-50(48,49)28-26-43)20-19-39(6)33(36(32)41)13-14-35-38(5)21-24-44(30-9-11-31(12-10-30)45(46)47)37(3,4)34(38)16-17-40(35,39)7/h9-12,32-36,42H,1,8,13-28H2,2-7H3/t32-,33+,34-,35+,36+,38-,39+,40+,41-/m0/s1. The van der Waals surface area contributed by atoms with Gasteiger partial charge in [0, 0.05) is 48.5 Å². The number of piperidine rings is 1. The molecule has 9 heteroatoms. The fourth-order valence-electron chi connectivity index (χ4n) is 14.0. The van der Waals surface area contributed by atoms with Crippen LogP contribution in [0.4, 0.5) is 11.4 Å². The molecule has 2 saturated heterocycles. The van der Waals surface area contributed by atoms with Gasteiger partial charge < -0.3 is 15.1 Å². The molecule has 8 nitrogen and oxygen atoms in total. The highest BCUT2D eigenvalue weighted by atomic mass is 32.2. The number of non-ortho nitro benzene ring substituents is 1. The van der Waals surface area contributed by atoms with Gasteiger partial charge in [-0.05, 0) is 156 Å². The summed E-state index contributed by atoms with van der Waals surface area (Å²) in [5, 5.41) is 15.6. The molecule has 0 amide bonds. The Balaban J connectivity index is 1.10. The Morgan fingerprint density at radius 1 is 0.900 bits per heavy atom. The number of fused-ring (bicyclic) bond motifs is 7. The number of nitro benzene ring substituents is 1. The van der Waals surface area contributed by atoms with Gasteiger partial charge in [-0.2, -0.15) is 0 Å². The number of rotatable bonds is 8. The summed E-state index contributed by atoms with van der Waals surface area (Å²) in [5.41, 5.74) is 3.62. The zero-order valence-electron chi connectivity index (χ0n) is 31.8. The molecule has 0 spiro atoms. The maximum Gasteiger partial charge on any atom is 0.269 e. The van der Waals surface area contributed by atoms with Crippen LogP contribution in [0.3, 0.4) is 0 Å². The quantitative estimate of drug-likeness (QED) is 0.127. The molecule has 50 heavy (non-hydrogen) atoms. The van der Waals surface area contributed by atoms with Gasteiger partial charge in [0.25, 0.3) is 5.69 Å². The van der Waals surface area contributed by atoms with Crippen molar-refractivity contribution in [1.82, 2.24) is 10.2 Å². The van der Waals surface area contributed by atoms with Gasteiger partial charge in [-0.15, -0.1) is 0 Å². The summed E-state index contributed by atoms with van der Waals surface area (Å²) in [6, 6.07) is 7.26. The third kappa shape index (κ3) is 5.61. The van der Waals surface area contributed by atoms with Gasteiger partial charge in [-0.25, -0.2) is 8.42 Å². The number of hydrogen-bond donors (Lipinski definition) is 1. The van der Waals surface area contributed by atoms with Crippen molar-refractivity contribution in [2.45, 2.75) is 117 Å². The number of sulfone groups is 1. The van der Waals surface area contributed by atoms with Gasteiger partial charge >= 0.3 is 0 Å². The number of benzene rings is 1. The van der Waals surface area contributed by atoms with Crippen LogP contribution >= 0.6 is 0 Å². The molecule has 0 unspecified atom stereocenters. The molecule has 7 rings (SSSR count). The molecule has 0 radical (unpaired) electrons. The molecule has 6 fully saturated rings. The van der Waals surface area contributed by atoms with Crippen LogP contribution in [-0.4, -0.2) is 73.5 Å². The lowest BCUT2D eigenvalue weighted by molar-refractivity contribution is -0.384. The molecule has 4 saturated carbocycles. The minimum Gasteiger partial charge on any atom is -0.366 e. The predicted octanol–water partition coefficient (Wildman–Crippen LogP) is 7.88. The van der Waals surface area contributed by atoms with Gasteiger partial charge in [0.2, 0.25) is 0 Å². The van der Waals surface area contributed by atoms with Crippen molar-refractivity contribution < 1.29 is 13.3 Å². The van der Waals surface area contributed by atoms with Crippen LogP contribution in [-0.2, 0) is 9.84 Å². The zero-order valence-corrected chi connectivity index (χ0v) is 32.6. The fourth-order valence-corrected chi connectivity index (χ4v) is 15.3. The Kier molecular flexibility index (Phi) is 9.15. The smallest absolute Gasteiger partial charge is 0.269 e. The molecule has 0 bridgehead atoms. The van der Waals surface area contributed by atoms with Crippen molar-refractivity contribution >= 4 is 21.2 Å². The minimum atomic E-state index is -2.84. The lowest BCUT2D eigenvalue weighted by atomic mass is 9.33. The second-order valence-electron chi connectivity index (χ2n) is 18.9.